The van der Waals surface area contributed by atoms with Crippen molar-refractivity contribution in [3.63, 3.8) is 0 Å². The van der Waals surface area contributed by atoms with Crippen molar-refractivity contribution in [1.29, 1.82) is 0 Å². The number of nitrogens with zero attached hydrogens (tertiary/aromatic N) is 2. The van der Waals surface area contributed by atoms with E-state index in [1.54, 1.807) is 12.3 Å². The van der Waals surface area contributed by atoms with Crippen LogP contribution in [-0.2, 0) is 16.1 Å². The minimum Gasteiger partial charge on any atom is -0.469 e. The van der Waals surface area contributed by atoms with Crippen LogP contribution < -0.4 is 0 Å². The van der Waals surface area contributed by atoms with Gasteiger partial charge in [-0.1, -0.05) is 24.1 Å². The maximum absolute atomic E-state index is 11.4. The van der Waals surface area contributed by atoms with Gasteiger partial charge in [-0.3, -0.25) is 9.69 Å². The first kappa shape index (κ1) is 14.3. The first-order valence-corrected chi connectivity index (χ1v) is 6.98. The molecule has 0 spiro atoms. The van der Waals surface area contributed by atoms with Gasteiger partial charge in [0.2, 0.25) is 0 Å². The molecule has 4 nitrogen and oxygen atoms in total. The molecule has 0 N–H and O–H groups in total. The number of pyridine rings is 1. The molecule has 19 heavy (non-hydrogen) atoms. The fourth-order valence-corrected chi connectivity index (χ4v) is 2.62. The molecule has 1 fully saturated rings. The molecule has 0 saturated carbocycles. The maximum Gasteiger partial charge on any atom is 0.307 e. The Labute approximate surface area is 118 Å². The van der Waals surface area contributed by atoms with Gasteiger partial charge in [0, 0.05) is 18.8 Å². The zero-order valence-electron chi connectivity index (χ0n) is 11.1. The molecule has 1 aromatic heterocycles. The van der Waals surface area contributed by atoms with E-state index in [4.69, 9.17) is 16.3 Å². The molecule has 1 aliphatic rings. The summed E-state index contributed by atoms with van der Waals surface area (Å²) in [5.74, 6) is -0.133. The van der Waals surface area contributed by atoms with Crippen LogP contribution in [0.1, 0.15) is 31.2 Å². The maximum atomic E-state index is 11.4. The molecule has 0 amide bonds. The van der Waals surface area contributed by atoms with Crippen LogP contribution in [0.4, 0.5) is 0 Å². The fourth-order valence-electron chi connectivity index (χ4n) is 2.51. The van der Waals surface area contributed by atoms with Crippen molar-refractivity contribution < 1.29 is 9.53 Å². The number of rotatable bonds is 4. The van der Waals surface area contributed by atoms with Crippen molar-refractivity contribution in [3.8, 4) is 0 Å². The first-order chi connectivity index (χ1) is 9.19. The van der Waals surface area contributed by atoms with Gasteiger partial charge in [-0.2, -0.15) is 0 Å². The number of carbonyl (C=O) groups is 1. The van der Waals surface area contributed by atoms with E-state index >= 15 is 0 Å². The second kappa shape index (κ2) is 6.87. The van der Waals surface area contributed by atoms with Crippen molar-refractivity contribution >= 4 is 17.6 Å². The van der Waals surface area contributed by atoms with Gasteiger partial charge >= 0.3 is 5.97 Å². The Morgan fingerprint density at radius 3 is 3.05 bits per heavy atom. The average molecular weight is 283 g/mol. The Morgan fingerprint density at radius 2 is 2.37 bits per heavy atom. The monoisotopic (exact) mass is 282 g/mol. The molecule has 5 heteroatoms. The SMILES string of the molecule is COC(=O)CC1CCCCN1Cc1ccc(Cl)nc1. The quantitative estimate of drug-likeness (QED) is 0.629. The summed E-state index contributed by atoms with van der Waals surface area (Å²) < 4.78 is 4.77. The summed E-state index contributed by atoms with van der Waals surface area (Å²) in [4.78, 5) is 17.9. The molecule has 2 heterocycles. The number of esters is 1. The van der Waals surface area contributed by atoms with Crippen molar-refractivity contribution in [2.24, 2.45) is 0 Å². The third kappa shape index (κ3) is 4.18. The molecule has 1 saturated heterocycles. The van der Waals surface area contributed by atoms with Gasteiger partial charge in [0.25, 0.3) is 0 Å². The molecule has 1 unspecified atom stereocenters. The second-order valence-corrected chi connectivity index (χ2v) is 5.28. The zero-order chi connectivity index (χ0) is 13.7. The lowest BCUT2D eigenvalue weighted by molar-refractivity contribution is -0.142. The Balaban J connectivity index is 1.99. The molecule has 1 atom stereocenters. The number of methoxy groups -OCH3 is 1. The summed E-state index contributed by atoms with van der Waals surface area (Å²) in [7, 11) is 1.44. The standard InChI is InChI=1S/C14H19ClN2O2/c1-19-14(18)8-12-4-2-3-7-17(12)10-11-5-6-13(15)16-9-11/h5-6,9,12H,2-4,7-8,10H2,1H3. The highest BCUT2D eigenvalue weighted by Crippen LogP contribution is 2.22. The van der Waals surface area contributed by atoms with E-state index in [1.165, 1.54) is 20.0 Å². The second-order valence-electron chi connectivity index (χ2n) is 4.89. The normalized spacial score (nSPS) is 20.2. The van der Waals surface area contributed by atoms with Crippen molar-refractivity contribution in [1.82, 2.24) is 9.88 Å². The number of piperidine rings is 1. The van der Waals surface area contributed by atoms with Crippen LogP contribution in [0.25, 0.3) is 0 Å². The van der Waals surface area contributed by atoms with E-state index < -0.39 is 0 Å². The summed E-state index contributed by atoms with van der Waals surface area (Å²) in [6, 6.07) is 4.06. The van der Waals surface area contributed by atoms with E-state index in [9.17, 15) is 4.79 Å². The molecule has 0 aromatic carbocycles. The van der Waals surface area contributed by atoms with Crippen molar-refractivity contribution in [2.45, 2.75) is 38.3 Å². The number of aromatic nitrogens is 1. The summed E-state index contributed by atoms with van der Waals surface area (Å²) in [6.45, 7) is 1.83. The van der Waals surface area contributed by atoms with E-state index in [0.717, 1.165) is 25.1 Å². The van der Waals surface area contributed by atoms with Gasteiger partial charge in [0.05, 0.1) is 13.5 Å². The van der Waals surface area contributed by atoms with Crippen LogP contribution >= 0.6 is 11.6 Å². The van der Waals surface area contributed by atoms with E-state index in [2.05, 4.69) is 9.88 Å². The number of hydrogen-bond acceptors (Lipinski definition) is 4. The summed E-state index contributed by atoms with van der Waals surface area (Å²) in [6.07, 6.45) is 5.68. The average Bonchev–Trinajstić information content (AvgIpc) is 2.43. The van der Waals surface area contributed by atoms with Gasteiger partial charge < -0.3 is 4.74 Å². The van der Waals surface area contributed by atoms with Crippen LogP contribution in [0.3, 0.4) is 0 Å². The Bertz CT molecular complexity index is 422. The van der Waals surface area contributed by atoms with Crippen LogP contribution in [0.5, 0.6) is 0 Å². The molecule has 0 bridgehead atoms. The smallest absolute Gasteiger partial charge is 0.307 e. The minimum atomic E-state index is -0.133. The van der Waals surface area contributed by atoms with E-state index in [1.807, 2.05) is 6.07 Å². The largest absolute Gasteiger partial charge is 0.469 e. The van der Waals surface area contributed by atoms with Crippen LogP contribution in [0.15, 0.2) is 18.3 Å². The lowest BCUT2D eigenvalue weighted by Gasteiger charge is -2.35. The zero-order valence-corrected chi connectivity index (χ0v) is 11.9. The molecule has 1 aromatic rings. The number of hydrogen-bond donors (Lipinski definition) is 0. The number of carbonyl (C=O) groups excluding carboxylic acids is 1. The third-order valence-corrected chi connectivity index (χ3v) is 3.78. The summed E-state index contributed by atoms with van der Waals surface area (Å²) in [5.41, 5.74) is 1.13. The van der Waals surface area contributed by atoms with Crippen LogP contribution in [0, 0.1) is 0 Å². The summed E-state index contributed by atoms with van der Waals surface area (Å²) >= 11 is 5.78. The van der Waals surface area contributed by atoms with Gasteiger partial charge in [0.15, 0.2) is 0 Å². The molecule has 1 aliphatic heterocycles. The third-order valence-electron chi connectivity index (χ3n) is 3.55. The minimum absolute atomic E-state index is 0.133. The molecule has 2 rings (SSSR count). The predicted molar refractivity (Wildman–Crippen MR) is 73.9 cm³/mol. The predicted octanol–water partition coefficient (Wildman–Crippen LogP) is 2.65. The van der Waals surface area contributed by atoms with Crippen LogP contribution in [0.2, 0.25) is 5.15 Å². The lowest BCUT2D eigenvalue weighted by Crippen LogP contribution is -2.40. The number of likely N-dealkylation sites (tertiary alicyclic amines) is 1. The first-order valence-electron chi connectivity index (χ1n) is 6.60. The van der Waals surface area contributed by atoms with Gasteiger partial charge in [-0.25, -0.2) is 4.98 Å². The highest BCUT2D eigenvalue weighted by atomic mass is 35.5. The van der Waals surface area contributed by atoms with Gasteiger partial charge in [-0.15, -0.1) is 0 Å². The van der Waals surface area contributed by atoms with Crippen molar-refractivity contribution in [2.75, 3.05) is 13.7 Å². The number of halogens is 1. The molecule has 104 valence electrons. The molecular formula is C14H19ClN2O2. The van der Waals surface area contributed by atoms with E-state index in [0.29, 0.717) is 11.6 Å². The Kier molecular flexibility index (Phi) is 5.16. The fraction of sp³-hybridized carbons (Fsp3) is 0.571. The Hall–Kier alpha value is -1.13. The van der Waals surface area contributed by atoms with Gasteiger partial charge in [0.1, 0.15) is 5.15 Å². The molecule has 0 aliphatic carbocycles. The van der Waals surface area contributed by atoms with Crippen LogP contribution in [-0.4, -0.2) is 35.5 Å². The topological polar surface area (TPSA) is 42.4 Å². The Morgan fingerprint density at radius 1 is 1.53 bits per heavy atom. The van der Waals surface area contributed by atoms with Gasteiger partial charge in [-0.05, 0) is 31.0 Å². The highest BCUT2D eigenvalue weighted by Gasteiger charge is 2.25. The lowest BCUT2D eigenvalue weighted by atomic mass is 9.99. The van der Waals surface area contributed by atoms with Crippen molar-refractivity contribution in [3.05, 3.63) is 29.0 Å². The van der Waals surface area contributed by atoms with E-state index in [-0.39, 0.29) is 12.0 Å². The molecular weight excluding hydrogens is 264 g/mol. The highest BCUT2D eigenvalue weighted by molar-refractivity contribution is 6.29. The number of ether oxygens (including phenoxy) is 1. The summed E-state index contributed by atoms with van der Waals surface area (Å²) in [5, 5.41) is 0.508. The molecule has 0 radical (unpaired) electrons.